The van der Waals surface area contributed by atoms with E-state index >= 15 is 0 Å². The van der Waals surface area contributed by atoms with Crippen LogP contribution in [0.1, 0.15) is 0 Å². The smallest absolute Gasteiger partial charge is 0.237 e. The number of hydrogen-bond donors (Lipinski definition) is 1. The predicted octanol–water partition coefficient (Wildman–Crippen LogP) is 3.24. The van der Waals surface area contributed by atoms with Gasteiger partial charge in [-0.3, -0.25) is 9.89 Å². The summed E-state index contributed by atoms with van der Waals surface area (Å²) in [6.07, 6.45) is 0. The Labute approximate surface area is 150 Å². The van der Waals surface area contributed by atoms with Crippen LogP contribution in [0.4, 0.5) is 5.69 Å². The van der Waals surface area contributed by atoms with Crippen molar-refractivity contribution in [2.75, 3.05) is 24.8 Å². The number of nitrogens with one attached hydrogen (secondary N) is 1. The van der Waals surface area contributed by atoms with Gasteiger partial charge < -0.3 is 9.64 Å². The van der Waals surface area contributed by atoms with E-state index in [0.717, 1.165) is 17.0 Å². The summed E-state index contributed by atoms with van der Waals surface area (Å²) in [7, 11) is 3.39. The van der Waals surface area contributed by atoms with Gasteiger partial charge in [-0.05, 0) is 36.4 Å². The Hall–Kier alpha value is -2.80. The number of aromatic nitrogens is 3. The molecule has 0 aliphatic carbocycles. The third-order valence-electron chi connectivity index (χ3n) is 3.67. The average Bonchev–Trinajstić information content (AvgIpc) is 3.15. The molecule has 25 heavy (non-hydrogen) atoms. The Balaban J connectivity index is 1.60. The first kappa shape index (κ1) is 17.0. The van der Waals surface area contributed by atoms with E-state index in [-0.39, 0.29) is 11.7 Å². The summed E-state index contributed by atoms with van der Waals surface area (Å²) >= 11 is 1.31. The normalized spacial score (nSPS) is 10.5. The maximum absolute atomic E-state index is 12.3. The molecule has 0 fully saturated rings. The molecule has 2 aromatic carbocycles. The molecular formula is C18H18N4O2S. The van der Waals surface area contributed by atoms with Crippen LogP contribution in [-0.4, -0.2) is 41.0 Å². The largest absolute Gasteiger partial charge is 0.497 e. The van der Waals surface area contributed by atoms with Crippen molar-refractivity contribution in [2.24, 2.45) is 0 Å². The van der Waals surface area contributed by atoms with Crippen LogP contribution in [0.15, 0.2) is 59.8 Å². The molecule has 0 radical (unpaired) electrons. The van der Waals surface area contributed by atoms with Gasteiger partial charge in [0.25, 0.3) is 0 Å². The highest BCUT2D eigenvalue weighted by molar-refractivity contribution is 7.99. The number of para-hydroxylation sites is 1. The summed E-state index contributed by atoms with van der Waals surface area (Å²) in [4.78, 5) is 18.3. The number of hydrogen-bond acceptors (Lipinski definition) is 5. The van der Waals surface area contributed by atoms with Crippen molar-refractivity contribution in [3.05, 3.63) is 54.6 Å². The number of carbonyl (C=O) groups excluding carboxylic acids is 1. The highest BCUT2D eigenvalue weighted by atomic mass is 32.2. The van der Waals surface area contributed by atoms with Gasteiger partial charge in [-0.1, -0.05) is 30.0 Å². The molecule has 6 nitrogen and oxygen atoms in total. The number of thioether (sulfide) groups is 1. The lowest BCUT2D eigenvalue weighted by Gasteiger charge is -2.16. The Morgan fingerprint density at radius 1 is 1.16 bits per heavy atom. The van der Waals surface area contributed by atoms with E-state index in [9.17, 15) is 4.79 Å². The Morgan fingerprint density at radius 3 is 2.56 bits per heavy atom. The number of H-pyrrole nitrogens is 1. The topological polar surface area (TPSA) is 71.1 Å². The Morgan fingerprint density at radius 2 is 1.88 bits per heavy atom. The van der Waals surface area contributed by atoms with Gasteiger partial charge >= 0.3 is 0 Å². The van der Waals surface area contributed by atoms with Gasteiger partial charge in [0.15, 0.2) is 5.82 Å². The molecule has 0 saturated heterocycles. The zero-order valence-electron chi connectivity index (χ0n) is 14.0. The molecule has 0 unspecified atom stereocenters. The van der Waals surface area contributed by atoms with E-state index in [1.165, 1.54) is 11.8 Å². The van der Waals surface area contributed by atoms with Gasteiger partial charge in [0, 0.05) is 18.3 Å². The molecule has 7 heteroatoms. The SMILES string of the molecule is COc1ccc(-c2nc(SCC(=O)N(C)c3ccccc3)n[nH]2)cc1. The molecule has 0 saturated carbocycles. The highest BCUT2D eigenvalue weighted by Crippen LogP contribution is 2.22. The number of carbonyl (C=O) groups is 1. The molecule has 0 spiro atoms. The number of nitrogens with zero attached hydrogens (tertiary/aromatic N) is 3. The number of ether oxygens (including phenoxy) is 1. The fourth-order valence-corrected chi connectivity index (χ4v) is 2.92. The lowest BCUT2D eigenvalue weighted by Crippen LogP contribution is -2.27. The van der Waals surface area contributed by atoms with Crippen LogP contribution >= 0.6 is 11.8 Å². The quantitative estimate of drug-likeness (QED) is 0.688. The summed E-state index contributed by atoms with van der Waals surface area (Å²) < 4.78 is 5.14. The molecule has 128 valence electrons. The lowest BCUT2D eigenvalue weighted by atomic mass is 10.2. The van der Waals surface area contributed by atoms with E-state index in [0.29, 0.717) is 11.0 Å². The first-order valence-corrected chi connectivity index (χ1v) is 8.67. The summed E-state index contributed by atoms with van der Waals surface area (Å²) in [5.74, 6) is 1.71. The molecule has 1 aromatic heterocycles. The van der Waals surface area contributed by atoms with Crippen LogP contribution in [0.3, 0.4) is 0 Å². The Bertz CT molecular complexity index is 834. The third-order valence-corrected chi connectivity index (χ3v) is 4.50. The summed E-state index contributed by atoms with van der Waals surface area (Å²) in [5.41, 5.74) is 1.77. The zero-order valence-corrected chi connectivity index (χ0v) is 14.8. The van der Waals surface area contributed by atoms with Gasteiger partial charge in [-0.15, -0.1) is 5.10 Å². The molecule has 1 N–H and O–H groups in total. The second-order valence-electron chi connectivity index (χ2n) is 5.27. The van der Waals surface area contributed by atoms with E-state index in [1.807, 2.05) is 54.6 Å². The van der Waals surface area contributed by atoms with Gasteiger partial charge in [0.1, 0.15) is 5.75 Å². The molecule has 0 atom stereocenters. The second-order valence-corrected chi connectivity index (χ2v) is 6.21. The maximum atomic E-state index is 12.3. The average molecular weight is 354 g/mol. The molecule has 0 aliphatic rings. The molecule has 0 bridgehead atoms. The van der Waals surface area contributed by atoms with Crippen molar-refractivity contribution in [2.45, 2.75) is 5.16 Å². The molecular weight excluding hydrogens is 336 g/mol. The van der Waals surface area contributed by atoms with Gasteiger partial charge in [-0.25, -0.2) is 4.98 Å². The minimum Gasteiger partial charge on any atom is -0.497 e. The van der Waals surface area contributed by atoms with Crippen LogP contribution in [0, 0.1) is 0 Å². The van der Waals surface area contributed by atoms with Gasteiger partial charge in [-0.2, -0.15) is 0 Å². The monoisotopic (exact) mass is 354 g/mol. The van der Waals surface area contributed by atoms with E-state index in [1.54, 1.807) is 19.1 Å². The fraction of sp³-hybridized carbons (Fsp3) is 0.167. The van der Waals surface area contributed by atoms with Gasteiger partial charge in [0.05, 0.1) is 12.9 Å². The van der Waals surface area contributed by atoms with Crippen molar-refractivity contribution >= 4 is 23.4 Å². The number of anilines is 1. The lowest BCUT2D eigenvalue weighted by molar-refractivity contribution is -0.115. The van der Waals surface area contributed by atoms with Crippen molar-refractivity contribution in [3.63, 3.8) is 0 Å². The highest BCUT2D eigenvalue weighted by Gasteiger charge is 2.13. The third kappa shape index (κ3) is 4.19. The second kappa shape index (κ2) is 7.85. The minimum atomic E-state index is -0.00741. The minimum absolute atomic E-state index is 0.00741. The molecule has 3 rings (SSSR count). The molecule has 1 amide bonds. The van der Waals surface area contributed by atoms with Crippen LogP contribution in [-0.2, 0) is 4.79 Å². The van der Waals surface area contributed by atoms with E-state index < -0.39 is 0 Å². The fourth-order valence-electron chi connectivity index (χ4n) is 2.21. The summed E-state index contributed by atoms with van der Waals surface area (Å²) in [6, 6.07) is 17.1. The molecule has 3 aromatic rings. The summed E-state index contributed by atoms with van der Waals surface area (Å²) in [5, 5.41) is 7.60. The zero-order chi connectivity index (χ0) is 17.6. The van der Waals surface area contributed by atoms with Crippen molar-refractivity contribution in [1.82, 2.24) is 15.2 Å². The Kier molecular flexibility index (Phi) is 5.35. The molecule has 1 heterocycles. The summed E-state index contributed by atoms with van der Waals surface area (Å²) in [6.45, 7) is 0. The van der Waals surface area contributed by atoms with Crippen LogP contribution in [0.25, 0.3) is 11.4 Å². The number of methoxy groups -OCH3 is 1. The van der Waals surface area contributed by atoms with Crippen molar-refractivity contribution in [3.8, 4) is 17.1 Å². The number of amides is 1. The number of benzene rings is 2. The van der Waals surface area contributed by atoms with Crippen LogP contribution in [0.2, 0.25) is 0 Å². The van der Waals surface area contributed by atoms with Crippen LogP contribution in [0.5, 0.6) is 5.75 Å². The first-order valence-electron chi connectivity index (χ1n) is 7.68. The van der Waals surface area contributed by atoms with Crippen molar-refractivity contribution < 1.29 is 9.53 Å². The predicted molar refractivity (Wildman–Crippen MR) is 98.9 cm³/mol. The van der Waals surface area contributed by atoms with Crippen molar-refractivity contribution in [1.29, 1.82) is 0 Å². The van der Waals surface area contributed by atoms with E-state index in [2.05, 4.69) is 15.2 Å². The maximum Gasteiger partial charge on any atom is 0.237 e. The van der Waals surface area contributed by atoms with Gasteiger partial charge in [0.2, 0.25) is 11.1 Å². The molecule has 0 aliphatic heterocycles. The van der Waals surface area contributed by atoms with Crippen LogP contribution < -0.4 is 9.64 Å². The number of aromatic amines is 1. The number of rotatable bonds is 6. The standard InChI is InChI=1S/C18H18N4O2S/c1-22(14-6-4-3-5-7-14)16(23)12-25-18-19-17(20-21-18)13-8-10-15(24-2)11-9-13/h3-11H,12H2,1-2H3,(H,19,20,21). The first-order chi connectivity index (χ1) is 12.2. The van der Waals surface area contributed by atoms with E-state index in [4.69, 9.17) is 4.74 Å².